The molecule has 1 aromatic rings. The summed E-state index contributed by atoms with van der Waals surface area (Å²) in [7, 11) is 0. The fraction of sp³-hybridized carbons (Fsp3) is 0.444. The van der Waals surface area contributed by atoms with Crippen LogP contribution in [0.3, 0.4) is 0 Å². The van der Waals surface area contributed by atoms with E-state index in [0.717, 1.165) is 3.70 Å². The Bertz CT molecular complexity index is 252. The van der Waals surface area contributed by atoms with Crippen molar-refractivity contribution in [3.05, 3.63) is 22.0 Å². The minimum Gasteiger partial charge on any atom is -0.370 e. The van der Waals surface area contributed by atoms with Gasteiger partial charge >= 0.3 is 0 Å². The number of anilines is 1. The molecular weight excluding hydrogens is 263 g/mol. The van der Waals surface area contributed by atoms with E-state index in [0.29, 0.717) is 0 Å². The molecular formula is C9H11IN2. The maximum Gasteiger partial charge on any atom is 0.101 e. The molecule has 0 bridgehead atoms. The Labute approximate surface area is 86.1 Å². The molecule has 1 fully saturated rings. The molecule has 64 valence electrons. The fourth-order valence-corrected chi connectivity index (χ4v) is 1.85. The summed E-state index contributed by atoms with van der Waals surface area (Å²) >= 11 is 2.23. The van der Waals surface area contributed by atoms with Gasteiger partial charge in [-0.15, -0.1) is 0 Å². The normalized spacial score (nSPS) is 16.9. The van der Waals surface area contributed by atoms with Crippen LogP contribution in [0.2, 0.25) is 0 Å². The second-order valence-electron chi connectivity index (χ2n) is 3.03. The van der Waals surface area contributed by atoms with E-state index in [1.54, 1.807) is 0 Å². The maximum atomic E-state index is 4.27. The third kappa shape index (κ3) is 1.71. The minimum absolute atomic E-state index is 1.07. The Hall–Kier alpha value is -0.320. The second kappa shape index (κ2) is 3.60. The van der Waals surface area contributed by atoms with Crippen molar-refractivity contribution in [1.82, 2.24) is 4.98 Å². The average Bonchev–Trinajstić information content (AvgIpc) is 2.58. The predicted octanol–water partition coefficient (Wildman–Crippen LogP) is 2.29. The van der Waals surface area contributed by atoms with Crippen LogP contribution in [0.25, 0.3) is 0 Å². The molecule has 12 heavy (non-hydrogen) atoms. The van der Waals surface area contributed by atoms with E-state index in [9.17, 15) is 0 Å². The van der Waals surface area contributed by atoms with Crippen molar-refractivity contribution >= 4 is 28.3 Å². The highest BCUT2D eigenvalue weighted by molar-refractivity contribution is 14.1. The highest BCUT2D eigenvalue weighted by Gasteiger charge is 2.11. The van der Waals surface area contributed by atoms with Gasteiger partial charge in [-0.05, 0) is 47.6 Å². The average molecular weight is 274 g/mol. The second-order valence-corrected chi connectivity index (χ2v) is 4.14. The summed E-state index contributed by atoms with van der Waals surface area (Å²) < 4.78 is 1.07. The standard InChI is InChI=1S/C9H11IN2/c10-9-4-3-8(7-11-9)12-5-1-2-6-12/h3-4,7H,1-2,5-6H2. The van der Waals surface area contributed by atoms with E-state index >= 15 is 0 Å². The zero-order chi connectivity index (χ0) is 8.39. The Kier molecular flexibility index (Phi) is 2.48. The van der Waals surface area contributed by atoms with E-state index < -0.39 is 0 Å². The van der Waals surface area contributed by atoms with Crippen molar-refractivity contribution in [3.8, 4) is 0 Å². The van der Waals surface area contributed by atoms with Crippen LogP contribution in [0.1, 0.15) is 12.8 Å². The molecule has 1 aliphatic heterocycles. The zero-order valence-corrected chi connectivity index (χ0v) is 8.99. The maximum absolute atomic E-state index is 4.27. The van der Waals surface area contributed by atoms with Gasteiger partial charge in [-0.3, -0.25) is 0 Å². The van der Waals surface area contributed by atoms with Gasteiger partial charge in [0.2, 0.25) is 0 Å². The van der Waals surface area contributed by atoms with Gasteiger partial charge in [0.1, 0.15) is 3.70 Å². The van der Waals surface area contributed by atoms with E-state index in [1.165, 1.54) is 31.6 Å². The Balaban J connectivity index is 2.17. The zero-order valence-electron chi connectivity index (χ0n) is 6.83. The van der Waals surface area contributed by atoms with Crippen molar-refractivity contribution in [1.29, 1.82) is 0 Å². The van der Waals surface area contributed by atoms with Gasteiger partial charge in [-0.25, -0.2) is 4.98 Å². The Morgan fingerprint density at radius 2 is 2.00 bits per heavy atom. The van der Waals surface area contributed by atoms with Gasteiger partial charge in [0.25, 0.3) is 0 Å². The van der Waals surface area contributed by atoms with Crippen molar-refractivity contribution < 1.29 is 0 Å². The number of pyridine rings is 1. The van der Waals surface area contributed by atoms with Crippen LogP contribution < -0.4 is 4.90 Å². The molecule has 3 heteroatoms. The van der Waals surface area contributed by atoms with Gasteiger partial charge in [0.05, 0.1) is 11.9 Å². The quantitative estimate of drug-likeness (QED) is 0.577. The summed E-state index contributed by atoms with van der Waals surface area (Å²) in [5, 5.41) is 0. The van der Waals surface area contributed by atoms with E-state index in [2.05, 4.69) is 44.6 Å². The summed E-state index contributed by atoms with van der Waals surface area (Å²) in [5.74, 6) is 0. The molecule has 0 N–H and O–H groups in total. The number of nitrogens with zero attached hydrogens (tertiary/aromatic N) is 2. The van der Waals surface area contributed by atoms with E-state index in [4.69, 9.17) is 0 Å². The molecule has 2 heterocycles. The number of rotatable bonds is 1. The third-order valence-electron chi connectivity index (χ3n) is 2.18. The van der Waals surface area contributed by atoms with Gasteiger partial charge in [0, 0.05) is 13.1 Å². The first kappa shape index (κ1) is 8.29. The molecule has 0 aromatic carbocycles. The summed E-state index contributed by atoms with van der Waals surface area (Å²) in [6.45, 7) is 2.39. The highest BCUT2D eigenvalue weighted by atomic mass is 127. The number of halogens is 1. The van der Waals surface area contributed by atoms with Crippen LogP contribution in [-0.2, 0) is 0 Å². The molecule has 0 saturated carbocycles. The number of hydrogen-bond acceptors (Lipinski definition) is 2. The van der Waals surface area contributed by atoms with Crippen molar-refractivity contribution in [3.63, 3.8) is 0 Å². The molecule has 1 saturated heterocycles. The fourth-order valence-electron chi connectivity index (χ4n) is 1.53. The Morgan fingerprint density at radius 3 is 2.58 bits per heavy atom. The smallest absolute Gasteiger partial charge is 0.101 e. The van der Waals surface area contributed by atoms with Crippen LogP contribution in [0, 0.1) is 3.70 Å². The SMILES string of the molecule is Ic1ccc(N2CCCC2)cn1. The number of hydrogen-bond donors (Lipinski definition) is 0. The first-order valence-corrected chi connectivity index (χ1v) is 5.30. The van der Waals surface area contributed by atoms with E-state index in [-0.39, 0.29) is 0 Å². The van der Waals surface area contributed by atoms with Crippen molar-refractivity contribution in [2.45, 2.75) is 12.8 Å². The largest absolute Gasteiger partial charge is 0.370 e. The van der Waals surface area contributed by atoms with Gasteiger partial charge in [-0.2, -0.15) is 0 Å². The van der Waals surface area contributed by atoms with Crippen LogP contribution in [0.5, 0.6) is 0 Å². The summed E-state index contributed by atoms with van der Waals surface area (Å²) in [6, 6.07) is 4.22. The molecule has 0 unspecified atom stereocenters. The van der Waals surface area contributed by atoms with Crippen molar-refractivity contribution in [2.75, 3.05) is 18.0 Å². The van der Waals surface area contributed by atoms with Crippen LogP contribution >= 0.6 is 22.6 Å². The van der Waals surface area contributed by atoms with Gasteiger partial charge < -0.3 is 4.90 Å². The predicted molar refractivity (Wildman–Crippen MR) is 58.4 cm³/mol. The molecule has 2 nitrogen and oxygen atoms in total. The minimum atomic E-state index is 1.07. The van der Waals surface area contributed by atoms with Crippen LogP contribution in [-0.4, -0.2) is 18.1 Å². The molecule has 1 aliphatic rings. The van der Waals surface area contributed by atoms with Crippen LogP contribution in [0.4, 0.5) is 5.69 Å². The lowest BCUT2D eigenvalue weighted by molar-refractivity contribution is 0.949. The lowest BCUT2D eigenvalue weighted by Crippen LogP contribution is -2.17. The highest BCUT2D eigenvalue weighted by Crippen LogP contribution is 2.19. The first-order valence-electron chi connectivity index (χ1n) is 4.23. The van der Waals surface area contributed by atoms with Gasteiger partial charge in [-0.1, -0.05) is 0 Å². The summed E-state index contributed by atoms with van der Waals surface area (Å²) in [6.07, 6.45) is 4.62. The van der Waals surface area contributed by atoms with Crippen molar-refractivity contribution in [2.24, 2.45) is 0 Å². The monoisotopic (exact) mass is 274 g/mol. The number of aromatic nitrogens is 1. The molecule has 0 radical (unpaired) electrons. The summed E-state index contributed by atoms with van der Waals surface area (Å²) in [5.41, 5.74) is 1.27. The lowest BCUT2D eigenvalue weighted by Gasteiger charge is -2.16. The van der Waals surface area contributed by atoms with Gasteiger partial charge in [0.15, 0.2) is 0 Å². The Morgan fingerprint density at radius 1 is 1.25 bits per heavy atom. The van der Waals surface area contributed by atoms with Crippen LogP contribution in [0.15, 0.2) is 18.3 Å². The third-order valence-corrected chi connectivity index (χ3v) is 2.82. The van der Waals surface area contributed by atoms with E-state index in [1.807, 2.05) is 6.20 Å². The lowest BCUT2D eigenvalue weighted by atomic mass is 10.4. The first-order chi connectivity index (χ1) is 5.86. The molecule has 0 aliphatic carbocycles. The molecule has 0 atom stereocenters. The molecule has 0 spiro atoms. The molecule has 2 rings (SSSR count). The molecule has 0 amide bonds. The molecule has 1 aromatic heterocycles. The topological polar surface area (TPSA) is 16.1 Å². The summed E-state index contributed by atoms with van der Waals surface area (Å²) in [4.78, 5) is 6.66.